The van der Waals surface area contributed by atoms with E-state index in [2.05, 4.69) is 6.92 Å². The molecule has 7 nitrogen and oxygen atoms in total. The van der Waals surface area contributed by atoms with Gasteiger partial charge in [-0.05, 0) is 37.5 Å². The molecule has 0 saturated carbocycles. The van der Waals surface area contributed by atoms with Crippen LogP contribution in [0.25, 0.3) is 0 Å². The van der Waals surface area contributed by atoms with Crippen molar-refractivity contribution in [2.75, 3.05) is 20.3 Å². The Morgan fingerprint density at radius 2 is 1.76 bits per heavy atom. The summed E-state index contributed by atoms with van der Waals surface area (Å²) in [6.45, 7) is 4.48. The Balaban J connectivity index is 2.37. The van der Waals surface area contributed by atoms with Crippen molar-refractivity contribution in [3.05, 3.63) is 54.8 Å². The van der Waals surface area contributed by atoms with E-state index in [1.165, 1.54) is 32.6 Å². The van der Waals surface area contributed by atoms with Crippen LogP contribution in [0.4, 0.5) is 0 Å². The van der Waals surface area contributed by atoms with Crippen LogP contribution in [0.3, 0.4) is 0 Å². The minimum Gasteiger partial charge on any atom is -0.494 e. The number of carbonyl (C=O) groups is 1. The average Bonchev–Trinajstić information content (AvgIpc) is 2.80. The zero-order valence-corrected chi connectivity index (χ0v) is 21.3. The van der Waals surface area contributed by atoms with Crippen molar-refractivity contribution in [1.82, 2.24) is 4.57 Å². The van der Waals surface area contributed by atoms with Gasteiger partial charge in [0.1, 0.15) is 11.6 Å². The lowest BCUT2D eigenvalue weighted by atomic mass is 9.97. The van der Waals surface area contributed by atoms with Crippen LogP contribution < -0.4 is 10.3 Å². The van der Waals surface area contributed by atoms with E-state index in [9.17, 15) is 20.0 Å². The van der Waals surface area contributed by atoms with Gasteiger partial charge in [-0.1, -0.05) is 55.8 Å². The molecule has 34 heavy (non-hydrogen) atoms. The Kier molecular flexibility index (Phi) is 10.9. The molecular formula is C25H30Cl2N2O5. The molecule has 0 aliphatic rings. The second kappa shape index (κ2) is 13.4. The van der Waals surface area contributed by atoms with Crippen molar-refractivity contribution in [3.8, 4) is 17.7 Å². The quantitative estimate of drug-likeness (QED) is 0.276. The third-order valence-electron chi connectivity index (χ3n) is 5.51. The molecule has 0 aliphatic carbocycles. The molecule has 0 atom stereocenters. The monoisotopic (exact) mass is 508 g/mol. The highest BCUT2D eigenvalue weighted by Crippen LogP contribution is 2.36. The lowest BCUT2D eigenvalue weighted by Gasteiger charge is -2.16. The number of ether oxygens (including phenoxy) is 2. The zero-order chi connectivity index (χ0) is 25.3. The number of hydrogen-bond acceptors (Lipinski definition) is 6. The van der Waals surface area contributed by atoms with Gasteiger partial charge in [-0.15, -0.1) is 0 Å². The van der Waals surface area contributed by atoms with Crippen LogP contribution in [0.15, 0.2) is 16.9 Å². The highest BCUT2D eigenvalue weighted by Gasteiger charge is 2.26. The number of aromatic nitrogens is 1. The van der Waals surface area contributed by atoms with E-state index in [1.807, 2.05) is 6.07 Å². The number of benzene rings is 1. The maximum absolute atomic E-state index is 13.4. The second-order valence-electron chi connectivity index (χ2n) is 7.97. The van der Waals surface area contributed by atoms with Gasteiger partial charge in [-0.2, -0.15) is 5.26 Å². The first-order chi connectivity index (χ1) is 16.3. The van der Waals surface area contributed by atoms with Crippen LogP contribution in [0.2, 0.25) is 10.0 Å². The number of rotatable bonds is 13. The van der Waals surface area contributed by atoms with Crippen LogP contribution in [0, 0.1) is 18.3 Å². The van der Waals surface area contributed by atoms with Gasteiger partial charge in [0.05, 0.1) is 22.2 Å². The van der Waals surface area contributed by atoms with Crippen LogP contribution in [-0.4, -0.2) is 35.8 Å². The van der Waals surface area contributed by atoms with Crippen LogP contribution in [0.5, 0.6) is 11.6 Å². The van der Waals surface area contributed by atoms with E-state index in [1.54, 1.807) is 0 Å². The molecule has 0 fully saturated rings. The minimum absolute atomic E-state index is 0.0836. The Bertz CT molecular complexity index is 1100. The number of halogens is 2. The highest BCUT2D eigenvalue weighted by atomic mass is 35.5. The number of carbonyl (C=O) groups excluding carboxylic acids is 1. The molecule has 0 saturated heterocycles. The molecule has 1 N–H and O–H groups in total. The summed E-state index contributed by atoms with van der Waals surface area (Å²) in [5.41, 5.74) is -0.819. The Morgan fingerprint density at radius 1 is 1.12 bits per heavy atom. The summed E-state index contributed by atoms with van der Waals surface area (Å²) in [6, 6.07) is 4.66. The van der Waals surface area contributed by atoms with Crippen LogP contribution >= 0.6 is 23.2 Å². The maximum Gasteiger partial charge on any atom is 0.271 e. The average molecular weight is 509 g/mol. The molecular weight excluding hydrogens is 479 g/mol. The molecule has 184 valence electrons. The topological polar surface area (TPSA) is 102 Å². The molecule has 0 aliphatic heterocycles. The fourth-order valence-electron chi connectivity index (χ4n) is 3.65. The summed E-state index contributed by atoms with van der Waals surface area (Å²) < 4.78 is 11.7. The normalized spacial score (nSPS) is 10.8. The first kappa shape index (κ1) is 27.7. The lowest BCUT2D eigenvalue weighted by Crippen LogP contribution is -2.27. The number of nitriles is 1. The summed E-state index contributed by atoms with van der Waals surface area (Å²) in [5.74, 6) is -0.831. The zero-order valence-electron chi connectivity index (χ0n) is 19.7. The largest absolute Gasteiger partial charge is 0.494 e. The smallest absolute Gasteiger partial charge is 0.271 e. The Morgan fingerprint density at radius 3 is 2.35 bits per heavy atom. The minimum atomic E-state index is -0.663. The highest BCUT2D eigenvalue weighted by molar-refractivity contribution is 6.38. The first-order valence-corrected chi connectivity index (χ1v) is 12.1. The third kappa shape index (κ3) is 6.53. The van der Waals surface area contributed by atoms with E-state index >= 15 is 0 Å². The Hall–Kier alpha value is -2.53. The van der Waals surface area contributed by atoms with Crippen molar-refractivity contribution in [2.45, 2.75) is 58.9 Å². The Labute approximate surface area is 209 Å². The predicted octanol–water partition coefficient (Wildman–Crippen LogP) is 5.66. The fourth-order valence-corrected chi connectivity index (χ4v) is 4.25. The number of hydrogen-bond donors (Lipinski definition) is 1. The van der Waals surface area contributed by atoms with Gasteiger partial charge in [-0.25, -0.2) is 0 Å². The number of ketones is 1. The molecule has 0 bridgehead atoms. The summed E-state index contributed by atoms with van der Waals surface area (Å²) in [4.78, 5) is 26.0. The predicted molar refractivity (Wildman–Crippen MR) is 132 cm³/mol. The van der Waals surface area contributed by atoms with Crippen molar-refractivity contribution in [3.63, 3.8) is 0 Å². The van der Waals surface area contributed by atoms with Crippen molar-refractivity contribution in [2.24, 2.45) is 0 Å². The number of nitrogens with zero attached hydrogens (tertiary/aromatic N) is 2. The molecule has 1 aromatic carbocycles. The molecule has 9 heteroatoms. The fraction of sp³-hybridized carbons (Fsp3) is 0.480. The molecule has 1 heterocycles. The van der Waals surface area contributed by atoms with Crippen molar-refractivity contribution < 1.29 is 19.4 Å². The van der Waals surface area contributed by atoms with E-state index in [-0.39, 0.29) is 38.8 Å². The number of aromatic hydroxyl groups is 1. The molecule has 0 radical (unpaired) electrons. The molecule has 2 aromatic rings. The van der Waals surface area contributed by atoms with E-state index in [0.29, 0.717) is 25.4 Å². The number of unbranched alkanes of at least 4 members (excludes halogenated alkanes) is 4. The molecule has 1 aromatic heterocycles. The van der Waals surface area contributed by atoms with E-state index in [0.717, 1.165) is 30.3 Å². The summed E-state index contributed by atoms with van der Waals surface area (Å²) >= 11 is 12.7. The van der Waals surface area contributed by atoms with Gasteiger partial charge in [-0.3, -0.25) is 14.2 Å². The second-order valence-corrected chi connectivity index (χ2v) is 8.79. The summed E-state index contributed by atoms with van der Waals surface area (Å²) in [7, 11) is 1.51. The maximum atomic E-state index is 13.4. The van der Waals surface area contributed by atoms with Gasteiger partial charge < -0.3 is 14.6 Å². The first-order valence-electron chi connectivity index (χ1n) is 11.3. The molecule has 0 amide bonds. The van der Waals surface area contributed by atoms with Crippen LogP contribution in [-0.2, 0) is 11.3 Å². The van der Waals surface area contributed by atoms with Gasteiger partial charge >= 0.3 is 0 Å². The van der Waals surface area contributed by atoms with Crippen molar-refractivity contribution >= 4 is 29.0 Å². The summed E-state index contributed by atoms with van der Waals surface area (Å²) in [5, 5.41) is 20.6. The van der Waals surface area contributed by atoms with Gasteiger partial charge in [0.25, 0.3) is 5.56 Å². The van der Waals surface area contributed by atoms with E-state index < -0.39 is 17.2 Å². The third-order valence-corrected chi connectivity index (χ3v) is 6.07. The van der Waals surface area contributed by atoms with Gasteiger partial charge in [0.15, 0.2) is 11.5 Å². The van der Waals surface area contributed by atoms with Crippen LogP contribution in [0.1, 0.15) is 72.5 Å². The SMILES string of the molecule is CCCCCCCOc1c(Cl)cc(C(=O)c2c(C)c(C#N)c(=O)n(CCCOC)c2O)cc1Cl. The molecule has 0 spiro atoms. The molecule has 2 rings (SSSR count). The van der Waals surface area contributed by atoms with Gasteiger partial charge in [0, 0.05) is 25.8 Å². The molecule has 0 unspecified atom stereocenters. The summed E-state index contributed by atoms with van der Waals surface area (Å²) in [6.07, 6.45) is 5.78. The van der Waals surface area contributed by atoms with E-state index in [4.69, 9.17) is 32.7 Å². The van der Waals surface area contributed by atoms with Gasteiger partial charge in [0.2, 0.25) is 5.88 Å². The lowest BCUT2D eigenvalue weighted by molar-refractivity contribution is 0.103. The standard InChI is InChI=1S/C25H30Cl2N2O5/c1-4-5-6-7-8-12-34-23-19(26)13-17(14-20(23)27)22(30)21-16(2)18(15-28)24(31)29(25(21)32)10-9-11-33-3/h13-14,32H,4-12H2,1-3H3. The van der Waals surface area contributed by atoms with Crippen molar-refractivity contribution in [1.29, 1.82) is 5.26 Å². The number of methoxy groups -OCH3 is 1. The number of pyridine rings is 1.